The summed E-state index contributed by atoms with van der Waals surface area (Å²) in [5, 5.41) is 3.56. The Morgan fingerprint density at radius 3 is 3.24 bits per heavy atom. The molecule has 0 saturated carbocycles. The Labute approximate surface area is 102 Å². The molecule has 92 valence electrons. The standard InChI is InChI=1S/C14H19NO2/c1-3-16-10-4-5-11-12-6-7-15-14(12,2)9-17-13(11)8-10/h4-5,8,12,15H,3,6-7,9H2,1-2H3/t12-,14+/m0/s1. The molecule has 2 aliphatic rings. The van der Waals surface area contributed by atoms with Crippen LogP contribution in [-0.4, -0.2) is 25.3 Å². The molecule has 1 aromatic carbocycles. The number of hydrogen-bond acceptors (Lipinski definition) is 3. The third-order valence-electron chi connectivity index (χ3n) is 3.93. The molecule has 2 heterocycles. The van der Waals surface area contributed by atoms with E-state index in [0.717, 1.165) is 24.7 Å². The minimum atomic E-state index is 0.111. The van der Waals surface area contributed by atoms with Gasteiger partial charge in [-0.15, -0.1) is 0 Å². The summed E-state index contributed by atoms with van der Waals surface area (Å²) >= 11 is 0. The van der Waals surface area contributed by atoms with Crippen LogP contribution in [0.25, 0.3) is 0 Å². The summed E-state index contributed by atoms with van der Waals surface area (Å²) in [6.07, 6.45) is 1.20. The first-order valence-electron chi connectivity index (χ1n) is 6.37. The van der Waals surface area contributed by atoms with Crippen molar-refractivity contribution in [3.63, 3.8) is 0 Å². The van der Waals surface area contributed by atoms with Gasteiger partial charge in [0.1, 0.15) is 18.1 Å². The van der Waals surface area contributed by atoms with Gasteiger partial charge in [-0.1, -0.05) is 6.07 Å². The van der Waals surface area contributed by atoms with Crippen molar-refractivity contribution in [1.82, 2.24) is 5.32 Å². The van der Waals surface area contributed by atoms with Crippen LogP contribution in [0, 0.1) is 0 Å². The summed E-state index contributed by atoms with van der Waals surface area (Å²) in [6, 6.07) is 6.24. The molecular formula is C14H19NO2. The van der Waals surface area contributed by atoms with Crippen molar-refractivity contribution in [3.8, 4) is 11.5 Å². The number of ether oxygens (including phenoxy) is 2. The van der Waals surface area contributed by atoms with Crippen LogP contribution in [0.1, 0.15) is 31.7 Å². The third kappa shape index (κ3) is 1.69. The van der Waals surface area contributed by atoms with E-state index in [1.165, 1.54) is 12.0 Å². The fourth-order valence-corrected chi connectivity index (χ4v) is 3.01. The van der Waals surface area contributed by atoms with Gasteiger partial charge in [-0.3, -0.25) is 0 Å². The van der Waals surface area contributed by atoms with Crippen LogP contribution < -0.4 is 14.8 Å². The van der Waals surface area contributed by atoms with Gasteiger partial charge in [0.25, 0.3) is 0 Å². The zero-order chi connectivity index (χ0) is 11.9. The van der Waals surface area contributed by atoms with Crippen LogP contribution >= 0.6 is 0 Å². The Balaban J connectivity index is 1.96. The molecule has 1 N–H and O–H groups in total. The molecule has 0 aromatic heterocycles. The van der Waals surface area contributed by atoms with Crippen molar-refractivity contribution >= 4 is 0 Å². The average molecular weight is 233 g/mol. The molecule has 17 heavy (non-hydrogen) atoms. The van der Waals surface area contributed by atoms with E-state index in [4.69, 9.17) is 9.47 Å². The summed E-state index contributed by atoms with van der Waals surface area (Å²) < 4.78 is 11.4. The molecule has 1 aromatic rings. The van der Waals surface area contributed by atoms with Gasteiger partial charge in [0.2, 0.25) is 0 Å². The largest absolute Gasteiger partial charge is 0.494 e. The summed E-state index contributed by atoms with van der Waals surface area (Å²) in [6.45, 7) is 6.78. The van der Waals surface area contributed by atoms with E-state index in [-0.39, 0.29) is 5.54 Å². The second-order valence-electron chi connectivity index (χ2n) is 5.11. The molecule has 2 aliphatic heterocycles. The zero-order valence-electron chi connectivity index (χ0n) is 10.5. The fourth-order valence-electron chi connectivity index (χ4n) is 3.01. The van der Waals surface area contributed by atoms with Crippen molar-refractivity contribution in [2.75, 3.05) is 19.8 Å². The SMILES string of the molecule is CCOc1ccc2c(c1)OC[C@@]1(C)NCC[C@@H]21. The van der Waals surface area contributed by atoms with Crippen molar-refractivity contribution in [2.45, 2.75) is 31.7 Å². The second-order valence-corrected chi connectivity index (χ2v) is 5.11. The van der Waals surface area contributed by atoms with Crippen LogP contribution in [0.5, 0.6) is 11.5 Å². The lowest BCUT2D eigenvalue weighted by molar-refractivity contribution is 0.170. The lowest BCUT2D eigenvalue weighted by Crippen LogP contribution is -2.48. The van der Waals surface area contributed by atoms with Gasteiger partial charge in [0.05, 0.1) is 12.1 Å². The zero-order valence-corrected chi connectivity index (χ0v) is 10.5. The normalized spacial score (nSPS) is 30.4. The van der Waals surface area contributed by atoms with E-state index in [1.807, 2.05) is 13.0 Å². The first-order chi connectivity index (χ1) is 8.23. The minimum absolute atomic E-state index is 0.111. The lowest BCUT2D eigenvalue weighted by atomic mass is 9.80. The van der Waals surface area contributed by atoms with Gasteiger partial charge in [-0.2, -0.15) is 0 Å². The predicted octanol–water partition coefficient (Wildman–Crippen LogP) is 2.31. The molecule has 0 amide bonds. The summed E-state index contributed by atoms with van der Waals surface area (Å²) in [7, 11) is 0. The molecule has 0 unspecified atom stereocenters. The first-order valence-corrected chi connectivity index (χ1v) is 6.37. The van der Waals surface area contributed by atoms with Gasteiger partial charge in [-0.05, 0) is 38.4 Å². The Morgan fingerprint density at radius 1 is 1.53 bits per heavy atom. The highest BCUT2D eigenvalue weighted by atomic mass is 16.5. The molecule has 1 saturated heterocycles. The molecule has 3 rings (SSSR count). The van der Waals surface area contributed by atoms with Crippen molar-refractivity contribution in [1.29, 1.82) is 0 Å². The predicted molar refractivity (Wildman–Crippen MR) is 66.9 cm³/mol. The van der Waals surface area contributed by atoms with E-state index >= 15 is 0 Å². The Bertz CT molecular complexity index is 432. The van der Waals surface area contributed by atoms with Crippen LogP contribution in [0.3, 0.4) is 0 Å². The van der Waals surface area contributed by atoms with E-state index in [2.05, 4.69) is 24.4 Å². The smallest absolute Gasteiger partial charge is 0.126 e. The monoisotopic (exact) mass is 233 g/mol. The van der Waals surface area contributed by atoms with Gasteiger partial charge >= 0.3 is 0 Å². The van der Waals surface area contributed by atoms with Crippen LogP contribution in [0.15, 0.2) is 18.2 Å². The molecule has 0 bridgehead atoms. The topological polar surface area (TPSA) is 30.5 Å². The molecule has 3 nitrogen and oxygen atoms in total. The van der Waals surface area contributed by atoms with Crippen molar-refractivity contribution < 1.29 is 9.47 Å². The highest BCUT2D eigenvalue weighted by molar-refractivity contribution is 5.46. The maximum Gasteiger partial charge on any atom is 0.126 e. The molecule has 0 spiro atoms. The number of rotatable bonds is 2. The number of nitrogens with one attached hydrogen (secondary N) is 1. The van der Waals surface area contributed by atoms with Gasteiger partial charge in [0, 0.05) is 12.0 Å². The molecule has 1 fully saturated rings. The van der Waals surface area contributed by atoms with Crippen molar-refractivity contribution in [2.24, 2.45) is 0 Å². The highest BCUT2D eigenvalue weighted by Gasteiger charge is 2.44. The second kappa shape index (κ2) is 3.91. The van der Waals surface area contributed by atoms with Crippen molar-refractivity contribution in [3.05, 3.63) is 23.8 Å². The summed E-state index contributed by atoms with van der Waals surface area (Å²) in [4.78, 5) is 0. The molecule has 3 heteroatoms. The molecule has 2 atom stereocenters. The highest BCUT2D eigenvalue weighted by Crippen LogP contribution is 2.45. The van der Waals surface area contributed by atoms with E-state index in [1.54, 1.807) is 0 Å². The molecular weight excluding hydrogens is 214 g/mol. The van der Waals surface area contributed by atoms with E-state index in [0.29, 0.717) is 12.5 Å². The minimum Gasteiger partial charge on any atom is -0.494 e. The van der Waals surface area contributed by atoms with Gasteiger partial charge in [0.15, 0.2) is 0 Å². The van der Waals surface area contributed by atoms with E-state index < -0.39 is 0 Å². The maximum atomic E-state index is 5.88. The number of benzene rings is 1. The number of fused-ring (bicyclic) bond motifs is 3. The number of hydrogen-bond donors (Lipinski definition) is 1. The molecule has 0 aliphatic carbocycles. The van der Waals surface area contributed by atoms with E-state index in [9.17, 15) is 0 Å². The quantitative estimate of drug-likeness (QED) is 0.850. The third-order valence-corrected chi connectivity index (χ3v) is 3.93. The van der Waals surface area contributed by atoms with Crippen LogP contribution in [0.4, 0.5) is 0 Å². The first kappa shape index (κ1) is 10.9. The Kier molecular flexibility index (Phi) is 2.51. The fraction of sp³-hybridized carbons (Fsp3) is 0.571. The van der Waals surface area contributed by atoms with Gasteiger partial charge < -0.3 is 14.8 Å². The van der Waals surface area contributed by atoms with Crippen LogP contribution in [0.2, 0.25) is 0 Å². The Hall–Kier alpha value is -1.22. The summed E-state index contributed by atoms with van der Waals surface area (Å²) in [5.74, 6) is 2.48. The average Bonchev–Trinajstić information content (AvgIpc) is 2.71. The lowest BCUT2D eigenvalue weighted by Gasteiger charge is -2.37. The summed E-state index contributed by atoms with van der Waals surface area (Å²) in [5.41, 5.74) is 1.44. The van der Waals surface area contributed by atoms with Crippen LogP contribution in [-0.2, 0) is 0 Å². The van der Waals surface area contributed by atoms with Gasteiger partial charge in [-0.25, -0.2) is 0 Å². The maximum absolute atomic E-state index is 5.88. The molecule has 0 radical (unpaired) electrons. The Morgan fingerprint density at radius 2 is 2.41 bits per heavy atom.